The Balaban J connectivity index is 1.74. The van der Waals surface area contributed by atoms with Crippen LogP contribution in [0.15, 0.2) is 30.3 Å². The third-order valence-corrected chi connectivity index (χ3v) is 3.60. The maximum absolute atomic E-state index is 11.7. The first-order valence-corrected chi connectivity index (χ1v) is 7.47. The summed E-state index contributed by atoms with van der Waals surface area (Å²) in [6.45, 7) is 0.0585. The number of nitrogens with one attached hydrogen (secondary N) is 1. The summed E-state index contributed by atoms with van der Waals surface area (Å²) in [6, 6.07) is 8.10. The van der Waals surface area contributed by atoms with Crippen LogP contribution < -0.4 is 5.32 Å². The second kappa shape index (κ2) is 8.38. The summed E-state index contributed by atoms with van der Waals surface area (Å²) in [7, 11) is 0. The molecule has 2 rings (SSSR count). The van der Waals surface area contributed by atoms with Gasteiger partial charge >= 0.3 is 12.1 Å². The quantitative estimate of drug-likeness (QED) is 0.807. The molecule has 1 amide bonds. The smallest absolute Gasteiger partial charge is 0.408 e. The number of benzene rings is 1. The van der Waals surface area contributed by atoms with Crippen LogP contribution >= 0.6 is 0 Å². The van der Waals surface area contributed by atoms with Gasteiger partial charge in [0.2, 0.25) is 0 Å². The van der Waals surface area contributed by atoms with Crippen LogP contribution in [0.2, 0.25) is 0 Å². The lowest BCUT2D eigenvalue weighted by atomic mass is 10.2. The van der Waals surface area contributed by atoms with Crippen LogP contribution in [-0.4, -0.2) is 35.9 Å². The van der Waals surface area contributed by atoms with E-state index in [1.807, 2.05) is 30.3 Å². The van der Waals surface area contributed by atoms with E-state index in [9.17, 15) is 9.59 Å². The zero-order valence-corrected chi connectivity index (χ0v) is 12.4. The summed E-state index contributed by atoms with van der Waals surface area (Å²) in [6.07, 6.45) is 3.45. The molecule has 0 bridgehead atoms. The largest absolute Gasteiger partial charge is 0.480 e. The normalized spacial score (nSPS) is 16.2. The Morgan fingerprint density at radius 1 is 1.23 bits per heavy atom. The number of carbonyl (C=O) groups is 2. The number of ether oxygens (including phenoxy) is 2. The van der Waals surface area contributed by atoms with Crippen LogP contribution in [0.1, 0.15) is 31.2 Å². The minimum absolute atomic E-state index is 0.0412. The number of amides is 1. The molecule has 1 fully saturated rings. The number of carboxylic acid groups (broad SMARTS) is 1. The van der Waals surface area contributed by atoms with Gasteiger partial charge in [-0.15, -0.1) is 0 Å². The van der Waals surface area contributed by atoms with Crippen molar-refractivity contribution in [2.75, 3.05) is 6.61 Å². The van der Waals surface area contributed by atoms with Gasteiger partial charge in [-0.3, -0.25) is 0 Å². The van der Waals surface area contributed by atoms with Crippen molar-refractivity contribution in [2.45, 2.75) is 44.4 Å². The van der Waals surface area contributed by atoms with Crippen molar-refractivity contribution in [3.05, 3.63) is 35.9 Å². The van der Waals surface area contributed by atoms with E-state index in [-0.39, 0.29) is 19.3 Å². The van der Waals surface area contributed by atoms with E-state index in [0.29, 0.717) is 0 Å². The molecule has 6 heteroatoms. The Kier molecular flexibility index (Phi) is 6.21. The monoisotopic (exact) mass is 307 g/mol. The van der Waals surface area contributed by atoms with Gasteiger partial charge in [0.05, 0.1) is 12.7 Å². The summed E-state index contributed by atoms with van der Waals surface area (Å²) in [5.41, 5.74) is 0.840. The number of rotatable bonds is 7. The van der Waals surface area contributed by atoms with Gasteiger partial charge in [0.1, 0.15) is 6.61 Å². The summed E-state index contributed by atoms with van der Waals surface area (Å²) < 4.78 is 10.6. The Bertz CT molecular complexity index is 485. The number of carboxylic acids is 1. The van der Waals surface area contributed by atoms with Gasteiger partial charge in [-0.1, -0.05) is 43.2 Å². The Morgan fingerprint density at radius 3 is 2.55 bits per heavy atom. The minimum atomic E-state index is -1.13. The molecule has 6 nitrogen and oxygen atoms in total. The number of hydrogen-bond acceptors (Lipinski definition) is 4. The first-order chi connectivity index (χ1) is 10.6. The highest BCUT2D eigenvalue weighted by Gasteiger charge is 2.24. The van der Waals surface area contributed by atoms with Crippen molar-refractivity contribution in [1.82, 2.24) is 5.32 Å². The van der Waals surface area contributed by atoms with Crippen LogP contribution in [0.3, 0.4) is 0 Å². The van der Waals surface area contributed by atoms with Gasteiger partial charge in [-0.25, -0.2) is 9.59 Å². The van der Waals surface area contributed by atoms with Gasteiger partial charge in [-0.2, -0.15) is 0 Å². The summed E-state index contributed by atoms with van der Waals surface area (Å²) in [5, 5.41) is 11.5. The third kappa shape index (κ3) is 5.37. The maximum atomic E-state index is 11.7. The average Bonchev–Trinajstić information content (AvgIpc) is 3.03. The zero-order chi connectivity index (χ0) is 15.8. The van der Waals surface area contributed by atoms with Crippen LogP contribution in [-0.2, 0) is 20.9 Å². The molecule has 0 aliphatic heterocycles. The summed E-state index contributed by atoms with van der Waals surface area (Å²) in [5.74, 6) is -1.13. The van der Waals surface area contributed by atoms with Crippen molar-refractivity contribution in [1.29, 1.82) is 0 Å². The lowest BCUT2D eigenvalue weighted by Crippen LogP contribution is -2.44. The molecule has 0 unspecified atom stereocenters. The molecule has 0 spiro atoms. The van der Waals surface area contributed by atoms with Crippen LogP contribution in [0, 0.1) is 0 Å². The molecule has 0 radical (unpaired) electrons. The van der Waals surface area contributed by atoms with Crippen LogP contribution in [0.4, 0.5) is 4.79 Å². The lowest BCUT2D eigenvalue weighted by molar-refractivity contribution is -0.141. The predicted molar refractivity (Wildman–Crippen MR) is 79.4 cm³/mol. The maximum Gasteiger partial charge on any atom is 0.408 e. The number of aliphatic carboxylic acids is 1. The first-order valence-electron chi connectivity index (χ1n) is 7.47. The highest BCUT2D eigenvalue weighted by atomic mass is 16.5. The summed E-state index contributed by atoms with van der Waals surface area (Å²) in [4.78, 5) is 22.8. The third-order valence-electron chi connectivity index (χ3n) is 3.60. The van der Waals surface area contributed by atoms with Crippen molar-refractivity contribution in [3.8, 4) is 0 Å². The molecule has 1 aromatic rings. The fourth-order valence-electron chi connectivity index (χ4n) is 2.37. The van der Waals surface area contributed by atoms with E-state index in [2.05, 4.69) is 5.32 Å². The van der Waals surface area contributed by atoms with Gasteiger partial charge in [0.25, 0.3) is 0 Å². The average molecular weight is 307 g/mol. The zero-order valence-electron chi connectivity index (χ0n) is 12.4. The molecule has 1 atom stereocenters. The highest BCUT2D eigenvalue weighted by molar-refractivity contribution is 5.80. The van der Waals surface area contributed by atoms with Crippen molar-refractivity contribution < 1.29 is 24.2 Å². The fourth-order valence-corrected chi connectivity index (χ4v) is 2.37. The van der Waals surface area contributed by atoms with Gasteiger partial charge < -0.3 is 19.9 Å². The topological polar surface area (TPSA) is 84.9 Å². The van der Waals surface area contributed by atoms with Gasteiger partial charge in [-0.05, 0) is 18.4 Å². The molecule has 22 heavy (non-hydrogen) atoms. The van der Waals surface area contributed by atoms with E-state index < -0.39 is 18.1 Å². The van der Waals surface area contributed by atoms with Crippen molar-refractivity contribution >= 4 is 12.1 Å². The summed E-state index contributed by atoms with van der Waals surface area (Å²) >= 11 is 0. The van der Waals surface area contributed by atoms with Gasteiger partial charge in [0.15, 0.2) is 6.04 Å². The molecule has 120 valence electrons. The lowest BCUT2D eigenvalue weighted by Gasteiger charge is -2.17. The van der Waals surface area contributed by atoms with Gasteiger partial charge in [0, 0.05) is 0 Å². The van der Waals surface area contributed by atoms with Crippen molar-refractivity contribution in [3.63, 3.8) is 0 Å². The molecule has 1 aliphatic carbocycles. The van der Waals surface area contributed by atoms with Crippen LogP contribution in [0.25, 0.3) is 0 Å². The molecule has 0 saturated heterocycles. The van der Waals surface area contributed by atoms with E-state index in [1.165, 1.54) is 0 Å². The molecule has 1 aromatic carbocycles. The Labute approximate surface area is 129 Å². The van der Waals surface area contributed by atoms with Crippen LogP contribution in [0.5, 0.6) is 0 Å². The predicted octanol–water partition coefficient (Wildman–Crippen LogP) is 2.33. The number of hydrogen-bond donors (Lipinski definition) is 2. The molecule has 1 aliphatic rings. The first kappa shape index (κ1) is 16.3. The molecule has 1 saturated carbocycles. The molecule has 2 N–H and O–H groups in total. The SMILES string of the molecule is O=C(N[C@@H](COC1CCCC1)C(=O)O)OCc1ccccc1. The molecular weight excluding hydrogens is 286 g/mol. The second-order valence-electron chi connectivity index (χ2n) is 5.34. The highest BCUT2D eigenvalue weighted by Crippen LogP contribution is 2.20. The number of alkyl carbamates (subject to hydrolysis) is 1. The van der Waals surface area contributed by atoms with Crippen molar-refractivity contribution in [2.24, 2.45) is 0 Å². The fraction of sp³-hybridized carbons (Fsp3) is 0.500. The van der Waals surface area contributed by atoms with E-state index >= 15 is 0 Å². The van der Waals surface area contributed by atoms with E-state index in [1.54, 1.807) is 0 Å². The second-order valence-corrected chi connectivity index (χ2v) is 5.34. The molecule has 0 aromatic heterocycles. The molecular formula is C16H21NO5. The molecule has 0 heterocycles. The number of carbonyl (C=O) groups excluding carboxylic acids is 1. The standard InChI is InChI=1S/C16H21NO5/c18-15(19)14(11-21-13-8-4-5-9-13)17-16(20)22-10-12-6-2-1-3-7-12/h1-3,6-7,13-14H,4-5,8-11H2,(H,17,20)(H,18,19)/t14-/m0/s1. The Hall–Kier alpha value is -2.08. The Morgan fingerprint density at radius 2 is 1.91 bits per heavy atom. The minimum Gasteiger partial charge on any atom is -0.480 e. The van der Waals surface area contributed by atoms with E-state index in [0.717, 1.165) is 31.2 Å². The van der Waals surface area contributed by atoms with E-state index in [4.69, 9.17) is 14.6 Å².